The largest absolute Gasteiger partial charge is 0.342 e. The number of amides is 1. The number of benzene rings is 1. The minimum absolute atomic E-state index is 0.0216. The van der Waals surface area contributed by atoms with Crippen LogP contribution in [0.4, 0.5) is 8.78 Å². The van der Waals surface area contributed by atoms with E-state index in [2.05, 4.69) is 5.32 Å². The Balaban J connectivity index is 1.89. The fourth-order valence-electron chi connectivity index (χ4n) is 2.46. The molecule has 2 rings (SSSR count). The van der Waals surface area contributed by atoms with E-state index in [1.54, 1.807) is 6.92 Å². The third-order valence-electron chi connectivity index (χ3n) is 3.72. The van der Waals surface area contributed by atoms with Gasteiger partial charge in [0.15, 0.2) is 11.6 Å². The Morgan fingerprint density at radius 3 is 2.70 bits per heavy atom. The van der Waals surface area contributed by atoms with Gasteiger partial charge < -0.3 is 10.2 Å². The molecule has 1 aliphatic heterocycles. The fraction of sp³-hybridized carbons (Fsp3) is 0.533. The normalized spacial score (nSPS) is 17.1. The summed E-state index contributed by atoms with van der Waals surface area (Å²) in [6, 6.07) is 3.68. The number of carbonyl (C=O) groups excluding carboxylic acids is 1. The third-order valence-corrected chi connectivity index (χ3v) is 3.72. The number of likely N-dealkylation sites (tertiary alicyclic amines) is 1. The van der Waals surface area contributed by atoms with E-state index in [1.165, 1.54) is 18.6 Å². The molecular formula is C15H20F2N2O. The monoisotopic (exact) mass is 282 g/mol. The number of rotatable bonds is 4. The van der Waals surface area contributed by atoms with Gasteiger partial charge in [-0.1, -0.05) is 12.1 Å². The minimum Gasteiger partial charge on any atom is -0.342 e. The van der Waals surface area contributed by atoms with E-state index < -0.39 is 17.7 Å². The molecule has 0 saturated carbocycles. The quantitative estimate of drug-likeness (QED) is 0.920. The Morgan fingerprint density at radius 1 is 1.30 bits per heavy atom. The van der Waals surface area contributed by atoms with E-state index in [0.29, 0.717) is 0 Å². The van der Waals surface area contributed by atoms with Crippen molar-refractivity contribution in [1.29, 1.82) is 0 Å². The highest BCUT2D eigenvalue weighted by molar-refractivity contribution is 5.78. The van der Waals surface area contributed by atoms with Crippen molar-refractivity contribution in [3.8, 4) is 0 Å². The second-order valence-electron chi connectivity index (χ2n) is 5.19. The molecule has 5 heteroatoms. The molecule has 1 heterocycles. The van der Waals surface area contributed by atoms with Crippen LogP contribution in [0.3, 0.4) is 0 Å². The second-order valence-corrected chi connectivity index (χ2v) is 5.19. The van der Waals surface area contributed by atoms with Gasteiger partial charge in [0.2, 0.25) is 5.91 Å². The second kappa shape index (κ2) is 6.79. The molecule has 1 fully saturated rings. The van der Waals surface area contributed by atoms with Gasteiger partial charge in [-0.15, -0.1) is 0 Å². The zero-order valence-corrected chi connectivity index (χ0v) is 11.7. The van der Waals surface area contributed by atoms with E-state index in [0.717, 1.165) is 32.0 Å². The first-order valence-electron chi connectivity index (χ1n) is 7.04. The van der Waals surface area contributed by atoms with Gasteiger partial charge in [-0.2, -0.15) is 0 Å². The van der Waals surface area contributed by atoms with Crippen LogP contribution >= 0.6 is 0 Å². The van der Waals surface area contributed by atoms with Crippen molar-refractivity contribution < 1.29 is 13.6 Å². The van der Waals surface area contributed by atoms with E-state index >= 15 is 0 Å². The van der Waals surface area contributed by atoms with Crippen molar-refractivity contribution in [2.75, 3.05) is 19.6 Å². The summed E-state index contributed by atoms with van der Waals surface area (Å²) in [7, 11) is 0. The summed E-state index contributed by atoms with van der Waals surface area (Å²) in [6.45, 7) is 3.46. The molecule has 110 valence electrons. The number of nitrogens with zero attached hydrogens (tertiary/aromatic N) is 1. The highest BCUT2D eigenvalue weighted by atomic mass is 19.2. The van der Waals surface area contributed by atoms with Crippen LogP contribution in [0, 0.1) is 11.6 Å². The van der Waals surface area contributed by atoms with E-state index in [9.17, 15) is 13.6 Å². The summed E-state index contributed by atoms with van der Waals surface area (Å²) < 4.78 is 26.8. The van der Waals surface area contributed by atoms with Crippen molar-refractivity contribution in [3.05, 3.63) is 35.4 Å². The van der Waals surface area contributed by atoms with Crippen LogP contribution in [0.15, 0.2) is 18.2 Å². The lowest BCUT2D eigenvalue weighted by atomic mass is 10.1. The Kier molecular flexibility index (Phi) is 5.06. The fourth-order valence-corrected chi connectivity index (χ4v) is 2.46. The van der Waals surface area contributed by atoms with Crippen LogP contribution in [0.5, 0.6) is 0 Å². The molecule has 20 heavy (non-hydrogen) atoms. The Bertz CT molecular complexity index is 473. The summed E-state index contributed by atoms with van der Waals surface area (Å²) in [4.78, 5) is 13.8. The van der Waals surface area contributed by atoms with Crippen LogP contribution in [0.1, 0.15) is 37.8 Å². The van der Waals surface area contributed by atoms with Crippen LogP contribution < -0.4 is 5.32 Å². The average Bonchev–Trinajstić information content (AvgIpc) is 2.48. The third kappa shape index (κ3) is 3.54. The summed E-state index contributed by atoms with van der Waals surface area (Å²) in [5, 5.41) is 2.97. The molecule has 0 aliphatic carbocycles. The van der Waals surface area contributed by atoms with E-state index in [-0.39, 0.29) is 18.0 Å². The molecule has 3 nitrogen and oxygen atoms in total. The number of halogens is 2. The van der Waals surface area contributed by atoms with Crippen LogP contribution in [0.2, 0.25) is 0 Å². The maximum absolute atomic E-state index is 13.6. The van der Waals surface area contributed by atoms with Gasteiger partial charge >= 0.3 is 0 Å². The molecule has 0 bridgehead atoms. The Labute approximate surface area is 118 Å². The summed E-state index contributed by atoms with van der Waals surface area (Å²) >= 11 is 0. The molecule has 0 unspecified atom stereocenters. The molecule has 0 spiro atoms. The minimum atomic E-state index is -0.862. The molecular weight excluding hydrogens is 262 g/mol. The summed E-state index contributed by atoms with van der Waals surface area (Å²) in [6.07, 6.45) is 3.25. The lowest BCUT2D eigenvalue weighted by molar-refractivity contribution is -0.131. The first kappa shape index (κ1) is 14.9. The number of nitrogens with one attached hydrogen (secondary N) is 1. The zero-order chi connectivity index (χ0) is 14.5. The van der Waals surface area contributed by atoms with Crippen molar-refractivity contribution in [2.45, 2.75) is 32.2 Å². The smallest absolute Gasteiger partial charge is 0.236 e. The molecule has 1 saturated heterocycles. The summed E-state index contributed by atoms with van der Waals surface area (Å²) in [5.41, 5.74) is 0.247. The first-order valence-corrected chi connectivity index (χ1v) is 7.04. The lowest BCUT2D eigenvalue weighted by Crippen LogP contribution is -2.41. The summed E-state index contributed by atoms with van der Waals surface area (Å²) in [5.74, 6) is -1.69. The van der Waals surface area contributed by atoms with Gasteiger partial charge in [0.1, 0.15) is 0 Å². The predicted molar refractivity (Wildman–Crippen MR) is 73.2 cm³/mol. The molecule has 1 atom stereocenters. The van der Waals surface area contributed by atoms with Crippen LogP contribution in [-0.4, -0.2) is 30.4 Å². The molecule has 1 aliphatic rings. The standard InChI is InChI=1S/C15H20F2N2O/c1-11(12-6-5-7-13(16)15(12)17)18-10-14(20)19-8-3-2-4-9-19/h5-7,11,18H,2-4,8-10H2,1H3/t11-/m0/s1. The van der Waals surface area contributed by atoms with Crippen LogP contribution in [0.25, 0.3) is 0 Å². The Morgan fingerprint density at radius 2 is 2.00 bits per heavy atom. The molecule has 1 amide bonds. The van der Waals surface area contributed by atoms with Gasteiger partial charge in [-0.3, -0.25) is 4.79 Å². The molecule has 0 radical (unpaired) electrons. The van der Waals surface area contributed by atoms with Crippen molar-refractivity contribution in [3.63, 3.8) is 0 Å². The average molecular weight is 282 g/mol. The van der Waals surface area contributed by atoms with E-state index in [1.807, 2.05) is 4.90 Å². The maximum Gasteiger partial charge on any atom is 0.236 e. The first-order chi connectivity index (χ1) is 9.59. The number of piperidine rings is 1. The van der Waals surface area contributed by atoms with Gasteiger partial charge in [0.05, 0.1) is 6.54 Å². The molecule has 0 aromatic heterocycles. The lowest BCUT2D eigenvalue weighted by Gasteiger charge is -2.27. The van der Waals surface area contributed by atoms with Gasteiger partial charge in [0, 0.05) is 24.7 Å². The maximum atomic E-state index is 13.6. The number of hydrogen-bond acceptors (Lipinski definition) is 2. The Hall–Kier alpha value is -1.49. The van der Waals surface area contributed by atoms with Crippen molar-refractivity contribution in [1.82, 2.24) is 10.2 Å². The number of hydrogen-bond donors (Lipinski definition) is 1. The SMILES string of the molecule is C[C@H](NCC(=O)N1CCCCC1)c1cccc(F)c1F. The van der Waals surface area contributed by atoms with Crippen molar-refractivity contribution >= 4 is 5.91 Å². The molecule has 1 N–H and O–H groups in total. The highest BCUT2D eigenvalue weighted by Gasteiger charge is 2.18. The zero-order valence-electron chi connectivity index (χ0n) is 11.7. The van der Waals surface area contributed by atoms with E-state index in [4.69, 9.17) is 0 Å². The van der Waals surface area contributed by atoms with Gasteiger partial charge in [0.25, 0.3) is 0 Å². The van der Waals surface area contributed by atoms with Gasteiger partial charge in [-0.25, -0.2) is 8.78 Å². The molecule has 1 aromatic carbocycles. The molecule has 1 aromatic rings. The van der Waals surface area contributed by atoms with Crippen molar-refractivity contribution in [2.24, 2.45) is 0 Å². The highest BCUT2D eigenvalue weighted by Crippen LogP contribution is 2.18. The number of carbonyl (C=O) groups is 1. The predicted octanol–water partition coefficient (Wildman–Crippen LogP) is 2.63. The topological polar surface area (TPSA) is 32.3 Å². The van der Waals surface area contributed by atoms with Gasteiger partial charge in [-0.05, 0) is 32.3 Å². The van der Waals surface area contributed by atoms with Crippen LogP contribution in [-0.2, 0) is 4.79 Å².